The molecule has 0 spiro atoms. The fraction of sp³-hybridized carbons (Fsp3) is 0.154. The van der Waals surface area contributed by atoms with Crippen molar-refractivity contribution in [2.24, 2.45) is 0 Å². The number of ether oxygens (including phenoxy) is 1. The second-order valence-corrected chi connectivity index (χ2v) is 8.70. The lowest BCUT2D eigenvalue weighted by atomic mass is 10.2. The van der Waals surface area contributed by atoms with E-state index in [9.17, 15) is 4.79 Å². The van der Waals surface area contributed by atoms with Crippen LogP contribution in [0.4, 0.5) is 5.13 Å². The van der Waals surface area contributed by atoms with Gasteiger partial charge in [-0.1, -0.05) is 34.8 Å². The molecule has 1 heterocycles. The second-order valence-electron chi connectivity index (χ2n) is 4.29. The average Bonchev–Trinajstić information content (AvgIpc) is 2.94. The van der Waals surface area contributed by atoms with Crippen LogP contribution in [0.15, 0.2) is 28.1 Å². The molecule has 11 heteroatoms. The highest BCUT2D eigenvalue weighted by molar-refractivity contribution is 9.10. The minimum Gasteiger partial charge on any atom is -0.496 e. The number of aromatic nitrogens is 1. The van der Waals surface area contributed by atoms with Crippen molar-refractivity contribution in [1.82, 2.24) is 10.3 Å². The van der Waals surface area contributed by atoms with Gasteiger partial charge in [-0.15, -0.1) is 11.3 Å². The Labute approximate surface area is 170 Å². The smallest absolute Gasteiger partial charge is 0.278 e. The van der Waals surface area contributed by atoms with Crippen LogP contribution in [0.5, 0.6) is 5.75 Å². The number of nitrogens with one attached hydrogen (secondary N) is 2. The summed E-state index contributed by atoms with van der Waals surface area (Å²) in [5.74, 6) is -0.121. The van der Waals surface area contributed by atoms with E-state index in [2.05, 4.69) is 31.5 Å². The van der Waals surface area contributed by atoms with Crippen molar-refractivity contribution < 1.29 is 9.53 Å². The van der Waals surface area contributed by atoms with Crippen LogP contribution in [0, 0.1) is 0 Å². The Morgan fingerprint density at radius 1 is 1.42 bits per heavy atom. The van der Waals surface area contributed by atoms with Crippen molar-refractivity contribution in [1.29, 1.82) is 0 Å². The largest absolute Gasteiger partial charge is 0.496 e. The minimum absolute atomic E-state index is 0.0110. The molecule has 2 aromatic rings. The van der Waals surface area contributed by atoms with Gasteiger partial charge in [-0.05, 0) is 46.3 Å². The number of halogens is 4. The zero-order chi connectivity index (χ0) is 17.9. The van der Waals surface area contributed by atoms with Crippen LogP contribution in [-0.2, 0) is 4.79 Å². The number of alkyl halides is 3. The number of hydrogen-bond acceptors (Lipinski definition) is 5. The second kappa shape index (κ2) is 8.16. The number of carbonyl (C=O) groups excluding carboxylic acids is 1. The van der Waals surface area contributed by atoms with Gasteiger partial charge in [0.2, 0.25) is 0 Å². The fourth-order valence-electron chi connectivity index (χ4n) is 1.59. The first kappa shape index (κ1) is 19.7. The Morgan fingerprint density at radius 3 is 2.71 bits per heavy atom. The lowest BCUT2D eigenvalue weighted by Gasteiger charge is -2.12. The van der Waals surface area contributed by atoms with E-state index >= 15 is 0 Å². The topological polar surface area (TPSA) is 63.2 Å². The number of hydrogen-bond donors (Lipinski definition) is 2. The number of nitrogens with zero attached hydrogens (tertiary/aromatic N) is 1. The standard InChI is InChI=1S/C13H9BrCl3N3O2S2/c1-22-9-3-2-6(4-7(9)14)8-5-24-12(18-8)20-11(23)19-10(21)13(15,16)17/h2-5H,1H3,(H2,18,19,20,21,23). The molecule has 0 bridgehead atoms. The Morgan fingerprint density at radius 2 is 2.12 bits per heavy atom. The van der Waals surface area contributed by atoms with Crippen molar-refractivity contribution in [3.8, 4) is 17.0 Å². The number of rotatable bonds is 3. The van der Waals surface area contributed by atoms with Crippen molar-refractivity contribution in [3.05, 3.63) is 28.1 Å². The third kappa shape index (κ3) is 5.18. The summed E-state index contributed by atoms with van der Waals surface area (Å²) in [5.41, 5.74) is 1.63. The van der Waals surface area contributed by atoms with Crippen LogP contribution in [-0.4, -0.2) is 26.9 Å². The van der Waals surface area contributed by atoms with Gasteiger partial charge in [0.1, 0.15) is 5.75 Å². The molecular formula is C13H9BrCl3N3O2S2. The van der Waals surface area contributed by atoms with E-state index < -0.39 is 9.70 Å². The monoisotopic (exact) mass is 487 g/mol. The summed E-state index contributed by atoms with van der Waals surface area (Å²) >= 11 is 26.1. The molecule has 0 fully saturated rings. The Kier molecular flexibility index (Phi) is 6.69. The highest BCUT2D eigenvalue weighted by atomic mass is 79.9. The van der Waals surface area contributed by atoms with E-state index in [1.54, 1.807) is 7.11 Å². The first-order valence-electron chi connectivity index (χ1n) is 6.19. The van der Waals surface area contributed by atoms with Crippen molar-refractivity contribution in [2.45, 2.75) is 3.79 Å². The average molecular weight is 490 g/mol. The van der Waals surface area contributed by atoms with E-state index in [1.165, 1.54) is 11.3 Å². The Hall–Kier alpha value is -0.640. The molecule has 0 saturated carbocycles. The van der Waals surface area contributed by atoms with Gasteiger partial charge in [0.05, 0.1) is 17.3 Å². The normalized spacial score (nSPS) is 11.0. The summed E-state index contributed by atoms with van der Waals surface area (Å²) in [6, 6.07) is 5.60. The number of carbonyl (C=O) groups is 1. The molecule has 24 heavy (non-hydrogen) atoms. The number of thiocarbonyl (C=S) groups is 1. The molecule has 0 atom stereocenters. The minimum atomic E-state index is -2.09. The first-order chi connectivity index (χ1) is 11.2. The number of amides is 1. The molecule has 2 rings (SSSR count). The van der Waals surface area contributed by atoms with Gasteiger partial charge in [-0.2, -0.15) is 0 Å². The summed E-state index contributed by atoms with van der Waals surface area (Å²) in [4.78, 5) is 15.9. The quantitative estimate of drug-likeness (QED) is 0.481. The molecule has 1 aromatic carbocycles. The van der Waals surface area contributed by atoms with Crippen LogP contribution < -0.4 is 15.4 Å². The predicted molar refractivity (Wildman–Crippen MR) is 106 cm³/mol. The molecule has 0 unspecified atom stereocenters. The van der Waals surface area contributed by atoms with Gasteiger partial charge in [0.25, 0.3) is 9.70 Å². The van der Waals surface area contributed by atoms with E-state index in [0.29, 0.717) is 5.13 Å². The SMILES string of the molecule is COc1ccc(-c2csc(NC(=S)NC(=O)C(Cl)(Cl)Cl)n2)cc1Br. The number of methoxy groups -OCH3 is 1. The molecule has 0 aliphatic heterocycles. The lowest BCUT2D eigenvalue weighted by Crippen LogP contribution is -2.41. The summed E-state index contributed by atoms with van der Waals surface area (Å²) in [6.45, 7) is 0. The van der Waals surface area contributed by atoms with Crippen molar-refractivity contribution in [2.75, 3.05) is 12.4 Å². The zero-order valence-corrected chi connectivity index (χ0v) is 17.4. The number of anilines is 1. The predicted octanol–water partition coefficient (Wildman–Crippen LogP) is 4.76. The van der Waals surface area contributed by atoms with Crippen LogP contribution in [0.25, 0.3) is 11.3 Å². The zero-order valence-electron chi connectivity index (χ0n) is 11.9. The molecule has 0 saturated heterocycles. The van der Waals surface area contributed by atoms with E-state index in [-0.39, 0.29) is 5.11 Å². The third-order valence-electron chi connectivity index (χ3n) is 2.66. The first-order valence-corrected chi connectivity index (χ1v) is 9.41. The van der Waals surface area contributed by atoms with E-state index in [0.717, 1.165) is 21.5 Å². The molecule has 1 aromatic heterocycles. The number of thiazole rings is 1. The van der Waals surface area contributed by atoms with Crippen molar-refractivity contribution in [3.63, 3.8) is 0 Å². The Balaban J connectivity index is 2.07. The summed E-state index contributed by atoms with van der Waals surface area (Å²) in [7, 11) is 1.59. The van der Waals surface area contributed by atoms with Gasteiger partial charge in [0.15, 0.2) is 10.2 Å². The lowest BCUT2D eigenvalue weighted by molar-refractivity contribution is -0.118. The maximum Gasteiger partial charge on any atom is 0.278 e. The highest BCUT2D eigenvalue weighted by Gasteiger charge is 2.31. The molecule has 0 aliphatic carbocycles. The van der Waals surface area contributed by atoms with Crippen LogP contribution in [0.2, 0.25) is 0 Å². The highest BCUT2D eigenvalue weighted by Crippen LogP contribution is 2.32. The van der Waals surface area contributed by atoms with Crippen LogP contribution in [0.3, 0.4) is 0 Å². The molecule has 5 nitrogen and oxygen atoms in total. The molecule has 2 N–H and O–H groups in total. The van der Waals surface area contributed by atoms with Gasteiger partial charge >= 0.3 is 0 Å². The summed E-state index contributed by atoms with van der Waals surface area (Å²) in [6.07, 6.45) is 0. The van der Waals surface area contributed by atoms with Gasteiger partial charge < -0.3 is 10.1 Å². The molecule has 0 radical (unpaired) electrons. The van der Waals surface area contributed by atoms with Gasteiger partial charge in [-0.3, -0.25) is 10.1 Å². The van der Waals surface area contributed by atoms with Gasteiger partial charge in [-0.25, -0.2) is 4.98 Å². The van der Waals surface area contributed by atoms with Crippen LogP contribution in [0.1, 0.15) is 0 Å². The summed E-state index contributed by atoms with van der Waals surface area (Å²) in [5, 5.41) is 7.36. The molecule has 1 amide bonds. The molecular weight excluding hydrogens is 481 g/mol. The fourth-order valence-corrected chi connectivity index (χ4v) is 3.25. The van der Waals surface area contributed by atoms with E-state index in [1.807, 2.05) is 23.6 Å². The number of benzene rings is 1. The molecule has 0 aliphatic rings. The molecule has 128 valence electrons. The van der Waals surface area contributed by atoms with E-state index in [4.69, 9.17) is 51.8 Å². The maximum absolute atomic E-state index is 11.5. The summed E-state index contributed by atoms with van der Waals surface area (Å²) < 4.78 is 3.92. The maximum atomic E-state index is 11.5. The van der Waals surface area contributed by atoms with Gasteiger partial charge in [0, 0.05) is 10.9 Å². The third-order valence-corrected chi connectivity index (χ3v) is 4.75. The van der Waals surface area contributed by atoms with Crippen LogP contribution >= 0.6 is 74.3 Å². The Bertz CT molecular complexity index is 780. The van der Waals surface area contributed by atoms with Crippen molar-refractivity contribution >= 4 is 90.4 Å².